The molecule has 2 aliphatic heterocycles. The van der Waals surface area contributed by atoms with Crippen molar-refractivity contribution in [1.82, 2.24) is 9.62 Å². The molecule has 2 heterocycles. The van der Waals surface area contributed by atoms with Gasteiger partial charge in [0.25, 0.3) is 10.0 Å². The fourth-order valence-electron chi connectivity index (χ4n) is 6.84. The molecule has 0 spiro atoms. The Bertz CT molecular complexity index is 2100. The third-order valence-corrected chi connectivity index (χ3v) is 12.3. The van der Waals surface area contributed by atoms with E-state index in [1.165, 1.54) is 12.1 Å². The van der Waals surface area contributed by atoms with Crippen molar-refractivity contribution in [3.8, 4) is 11.5 Å². The van der Waals surface area contributed by atoms with E-state index in [0.717, 1.165) is 22.9 Å². The number of ether oxygens (including phenoxy) is 4. The number of hydrogen-bond acceptors (Lipinski definition) is 10. The average Bonchev–Trinajstić information content (AvgIpc) is 3.07. The molecule has 0 aromatic heterocycles. The minimum atomic E-state index is -5.02. The van der Waals surface area contributed by atoms with Crippen LogP contribution in [0.1, 0.15) is 101 Å². The van der Waals surface area contributed by atoms with Crippen molar-refractivity contribution >= 4 is 51.5 Å². The molecule has 0 aliphatic carbocycles. The third kappa shape index (κ3) is 10.1. The van der Waals surface area contributed by atoms with E-state index in [9.17, 15) is 36.0 Å². The predicted molar refractivity (Wildman–Crippen MR) is 207 cm³/mol. The summed E-state index contributed by atoms with van der Waals surface area (Å²) >= 11 is 6.39. The van der Waals surface area contributed by atoms with Crippen molar-refractivity contribution in [2.24, 2.45) is 5.73 Å². The maximum Gasteiger partial charge on any atom is 0.430 e. The highest BCUT2D eigenvalue weighted by Crippen LogP contribution is 2.44. The number of fused-ring (bicyclic) bond motifs is 2. The minimum Gasteiger partial charge on any atom is -0.487 e. The number of carbonyl (C=O) groups excluding carboxylic acids is 3. The second-order valence-corrected chi connectivity index (χ2v) is 18.1. The molecule has 0 fully saturated rings. The summed E-state index contributed by atoms with van der Waals surface area (Å²) in [4.78, 5) is 37.9. The topological polar surface area (TPSA) is 187 Å². The van der Waals surface area contributed by atoms with Crippen LogP contribution in [0.4, 0.5) is 13.2 Å². The van der Waals surface area contributed by atoms with Gasteiger partial charge in [-0.2, -0.15) is 13.2 Å². The fourth-order valence-corrected chi connectivity index (χ4v) is 9.19. The standard InChI is InChI=1S/C39H50ClF3N4O9S/c1-20-21(2)32(22(3)25-13-14-38(8,9)56-31(20)25)57(51,52)47(36(44)45)15-11-10-12-29(46-23(4)48)35(50)54-19-53-34(49)26-16-24-17-28(40)27(37(5,6)7)18-30(24)55-33(26)39(41,42)43/h16-18,29,33H,10-15,19H2,1-9H3,(H3,44,45)(H,46,48)/t29-,33?/m0/s1. The molecule has 2 aliphatic rings. The van der Waals surface area contributed by atoms with Crippen LogP contribution < -0.4 is 20.5 Å². The molecule has 2 atom stereocenters. The molecule has 0 bridgehead atoms. The number of halogens is 4. The van der Waals surface area contributed by atoms with E-state index < -0.39 is 75.5 Å². The van der Waals surface area contributed by atoms with E-state index in [2.05, 4.69) is 5.32 Å². The highest BCUT2D eigenvalue weighted by Gasteiger charge is 2.49. The van der Waals surface area contributed by atoms with Crippen molar-refractivity contribution in [3.05, 3.63) is 56.1 Å². The molecule has 13 nitrogen and oxygen atoms in total. The summed E-state index contributed by atoms with van der Waals surface area (Å²) < 4.78 is 92.5. The molecule has 0 saturated heterocycles. The van der Waals surface area contributed by atoms with Gasteiger partial charge in [-0.15, -0.1) is 0 Å². The zero-order valence-electron chi connectivity index (χ0n) is 33.5. The number of alkyl halides is 3. The molecule has 1 amide bonds. The Labute approximate surface area is 335 Å². The highest BCUT2D eigenvalue weighted by atomic mass is 35.5. The first-order valence-electron chi connectivity index (χ1n) is 18.3. The van der Waals surface area contributed by atoms with Crippen LogP contribution >= 0.6 is 11.6 Å². The molecule has 2 aromatic carbocycles. The van der Waals surface area contributed by atoms with Crippen LogP contribution in [0.25, 0.3) is 6.08 Å². The molecule has 0 saturated carbocycles. The molecule has 18 heteroatoms. The number of unbranched alkanes of at least 4 members (excludes halogenated alkanes) is 1. The minimum absolute atomic E-state index is 0.0336. The summed E-state index contributed by atoms with van der Waals surface area (Å²) in [5.74, 6) is -3.35. The van der Waals surface area contributed by atoms with Crippen LogP contribution in [0, 0.1) is 26.2 Å². The lowest BCUT2D eigenvalue weighted by atomic mass is 9.85. The molecule has 2 aromatic rings. The lowest BCUT2D eigenvalue weighted by molar-refractivity contribution is -0.190. The molecular formula is C39H50ClF3N4O9S. The van der Waals surface area contributed by atoms with Crippen molar-refractivity contribution in [3.63, 3.8) is 0 Å². The number of hydrogen-bond donors (Lipinski definition) is 3. The first kappa shape index (κ1) is 45.2. The second kappa shape index (κ2) is 16.8. The van der Waals surface area contributed by atoms with Gasteiger partial charge >= 0.3 is 18.1 Å². The van der Waals surface area contributed by atoms with E-state index >= 15 is 0 Å². The first-order valence-corrected chi connectivity index (χ1v) is 20.1. The number of nitrogens with one attached hydrogen (secondary N) is 2. The summed E-state index contributed by atoms with van der Waals surface area (Å²) in [5, 5.41) is 10.8. The van der Waals surface area contributed by atoms with Gasteiger partial charge in [0, 0.05) is 24.1 Å². The number of amides is 1. The summed E-state index contributed by atoms with van der Waals surface area (Å²) in [7, 11) is -4.32. The lowest BCUT2D eigenvalue weighted by Crippen LogP contribution is -2.43. The van der Waals surface area contributed by atoms with Crippen LogP contribution in [0.5, 0.6) is 11.5 Å². The maximum atomic E-state index is 14.1. The highest BCUT2D eigenvalue weighted by molar-refractivity contribution is 7.89. The molecule has 4 rings (SSSR count). The Morgan fingerprint density at radius 1 is 1.09 bits per heavy atom. The van der Waals surface area contributed by atoms with Crippen LogP contribution in [-0.2, 0) is 45.7 Å². The second-order valence-electron chi connectivity index (χ2n) is 15.9. The molecule has 0 radical (unpaired) electrons. The maximum absolute atomic E-state index is 14.1. The summed E-state index contributed by atoms with van der Waals surface area (Å²) in [6.07, 6.45) is -5.34. The van der Waals surface area contributed by atoms with Crippen LogP contribution in [0.15, 0.2) is 22.6 Å². The zero-order chi connectivity index (χ0) is 43.0. The monoisotopic (exact) mass is 842 g/mol. The number of benzene rings is 2. The van der Waals surface area contributed by atoms with Gasteiger partial charge in [0.2, 0.25) is 24.8 Å². The fraction of sp³-hybridized carbons (Fsp3) is 0.538. The Hall–Kier alpha value is -4.51. The van der Waals surface area contributed by atoms with Gasteiger partial charge in [0.15, 0.2) is 0 Å². The SMILES string of the molecule is CC(=O)N[C@@H](CCCCN(C(=N)N)S(=O)(=O)c1c(C)c(C)c2c(c1C)CCC(C)(C)O2)C(=O)OCOC(=O)C1=Cc2cc(Cl)c(C(C)(C)C)cc2OC1C(F)(F)F. The Balaban J connectivity index is 1.42. The largest absolute Gasteiger partial charge is 0.487 e. The van der Waals surface area contributed by atoms with E-state index in [0.29, 0.717) is 40.8 Å². The van der Waals surface area contributed by atoms with Gasteiger partial charge in [0.05, 0.1) is 10.5 Å². The smallest absolute Gasteiger partial charge is 0.430 e. The average molecular weight is 843 g/mol. The molecule has 314 valence electrons. The quantitative estimate of drug-likeness (QED) is 0.0685. The Morgan fingerprint density at radius 2 is 1.74 bits per heavy atom. The normalized spacial score (nSPS) is 16.8. The van der Waals surface area contributed by atoms with Gasteiger partial charge < -0.3 is 30.0 Å². The zero-order valence-corrected chi connectivity index (χ0v) is 35.0. The Morgan fingerprint density at radius 3 is 2.32 bits per heavy atom. The number of rotatable bonds is 12. The van der Waals surface area contributed by atoms with E-state index in [1.54, 1.807) is 20.8 Å². The van der Waals surface area contributed by atoms with Crippen LogP contribution in [0.2, 0.25) is 5.02 Å². The van der Waals surface area contributed by atoms with Gasteiger partial charge in [0.1, 0.15) is 23.1 Å². The predicted octanol–water partition coefficient (Wildman–Crippen LogP) is 6.68. The number of sulfonamides is 1. The lowest BCUT2D eigenvalue weighted by Gasteiger charge is -2.36. The number of nitrogens with zero attached hydrogens (tertiary/aromatic N) is 1. The molecular weight excluding hydrogens is 793 g/mol. The van der Waals surface area contributed by atoms with Crippen molar-refractivity contribution < 1.29 is 54.9 Å². The van der Waals surface area contributed by atoms with Gasteiger partial charge in [-0.25, -0.2) is 22.3 Å². The number of nitrogens with two attached hydrogens (primary N) is 1. The van der Waals surface area contributed by atoms with Crippen LogP contribution in [0.3, 0.4) is 0 Å². The summed E-state index contributed by atoms with van der Waals surface area (Å²) in [6, 6.07) is 1.48. The van der Waals surface area contributed by atoms with E-state index in [4.69, 9.17) is 41.7 Å². The van der Waals surface area contributed by atoms with Crippen molar-refractivity contribution in [2.45, 2.75) is 129 Å². The van der Waals surface area contributed by atoms with E-state index in [1.807, 2.05) is 34.6 Å². The number of guanidine groups is 1. The van der Waals surface area contributed by atoms with Crippen molar-refractivity contribution in [1.29, 1.82) is 5.41 Å². The molecule has 4 N–H and O–H groups in total. The van der Waals surface area contributed by atoms with Gasteiger partial charge in [-0.1, -0.05) is 32.4 Å². The number of carbonyl (C=O) groups is 3. The molecule has 57 heavy (non-hydrogen) atoms. The third-order valence-electron chi connectivity index (χ3n) is 9.92. The summed E-state index contributed by atoms with van der Waals surface area (Å²) in [5.41, 5.74) is 7.03. The number of esters is 2. The van der Waals surface area contributed by atoms with Crippen molar-refractivity contribution in [2.75, 3.05) is 13.3 Å². The van der Waals surface area contributed by atoms with Gasteiger partial charge in [-0.3, -0.25) is 10.2 Å². The molecule has 1 unspecified atom stereocenters. The van der Waals surface area contributed by atoms with E-state index in [-0.39, 0.29) is 47.0 Å². The summed E-state index contributed by atoms with van der Waals surface area (Å²) in [6.45, 7) is 14.4. The van der Waals surface area contributed by atoms with Gasteiger partial charge in [-0.05, 0) is 118 Å². The first-order chi connectivity index (χ1) is 26.2. The Kier molecular flexibility index (Phi) is 13.3. The van der Waals surface area contributed by atoms with Crippen LogP contribution in [-0.4, -0.2) is 73.8 Å².